The van der Waals surface area contributed by atoms with E-state index < -0.39 is 83.6 Å². The average molecular weight is 1150 g/mol. The second kappa shape index (κ2) is 28.7. The summed E-state index contributed by atoms with van der Waals surface area (Å²) in [6.45, 7) is 3.69. The zero-order valence-corrected chi connectivity index (χ0v) is 47.3. The zero-order valence-electron chi connectivity index (χ0n) is 46.6. The highest BCUT2D eigenvalue weighted by atomic mass is 35.5. The van der Waals surface area contributed by atoms with Crippen LogP contribution in [0.3, 0.4) is 0 Å². The van der Waals surface area contributed by atoms with Gasteiger partial charge >= 0.3 is 6.09 Å². The van der Waals surface area contributed by atoms with E-state index in [2.05, 4.69) is 41.9 Å². The topological polar surface area (TPSA) is 268 Å². The molecule has 436 valence electrons. The number of pyridine rings is 1. The number of ketones is 1. The maximum absolute atomic E-state index is 15.4. The first-order valence-corrected chi connectivity index (χ1v) is 29.0. The smallest absolute Gasteiger partial charge is 0.407 e. The number of benzene rings is 4. The Hall–Kier alpha value is -8.13. The molecule has 3 saturated heterocycles. The number of aromatic nitrogens is 2. The normalized spacial score (nSPS) is 22.3. The highest BCUT2D eigenvalue weighted by Crippen LogP contribution is 2.29. The Bertz CT molecular complexity index is 3200. The van der Waals surface area contributed by atoms with Crippen LogP contribution in [0.4, 0.5) is 4.79 Å². The molecule has 0 unspecified atom stereocenters. The summed E-state index contributed by atoms with van der Waals surface area (Å²) in [5, 5.41) is 19.5. The zero-order chi connectivity index (χ0) is 58.2. The first kappa shape index (κ1) is 59.5. The van der Waals surface area contributed by atoms with Gasteiger partial charge in [-0.2, -0.15) is 0 Å². The van der Waals surface area contributed by atoms with Crippen molar-refractivity contribution in [2.45, 2.75) is 114 Å². The van der Waals surface area contributed by atoms with Gasteiger partial charge in [0.1, 0.15) is 42.6 Å². The number of halogens is 1. The summed E-state index contributed by atoms with van der Waals surface area (Å²) < 4.78 is 11.9. The van der Waals surface area contributed by atoms with Gasteiger partial charge < -0.3 is 57.0 Å². The molecular weight excluding hydrogens is 1080 g/mol. The first-order chi connectivity index (χ1) is 40.2. The number of nitrogens with zero attached hydrogens (tertiary/aromatic N) is 2. The number of fused-ring (bicyclic) bond motifs is 2. The molecule has 3 fully saturated rings. The van der Waals surface area contributed by atoms with Crippen LogP contribution in [0, 0.1) is 18.8 Å². The molecule has 6 amide bonds. The van der Waals surface area contributed by atoms with Gasteiger partial charge in [-0.05, 0) is 128 Å². The molecular formula is C63H73ClN10O9. The number of aromatic amines is 1. The molecule has 0 bridgehead atoms. The highest BCUT2D eigenvalue weighted by molar-refractivity contribution is 6.30. The lowest BCUT2D eigenvalue weighted by Gasteiger charge is -2.32. The average Bonchev–Trinajstić information content (AvgIpc) is 4.24. The molecule has 3 aliphatic heterocycles. The van der Waals surface area contributed by atoms with Crippen molar-refractivity contribution < 1.29 is 43.0 Å². The summed E-state index contributed by atoms with van der Waals surface area (Å²) >= 11 is 6.10. The number of hydrogen-bond acceptors (Lipinski definition) is 12. The van der Waals surface area contributed by atoms with Gasteiger partial charge in [-0.15, -0.1) is 0 Å². The predicted octanol–water partition coefficient (Wildman–Crippen LogP) is 5.34. The fraction of sp³-hybridized carbons (Fsp3) is 0.397. The highest BCUT2D eigenvalue weighted by Gasteiger charge is 2.45. The Labute approximate surface area is 487 Å². The fourth-order valence-electron chi connectivity index (χ4n) is 11.3. The van der Waals surface area contributed by atoms with Crippen molar-refractivity contribution in [3.05, 3.63) is 166 Å². The molecule has 0 radical (unpaired) electrons. The van der Waals surface area contributed by atoms with Gasteiger partial charge in [-0.3, -0.25) is 33.8 Å². The van der Waals surface area contributed by atoms with E-state index in [0.717, 1.165) is 59.1 Å². The largest absolute Gasteiger partial charge is 0.489 e. The van der Waals surface area contributed by atoms with Crippen LogP contribution in [0.2, 0.25) is 5.02 Å². The van der Waals surface area contributed by atoms with Crippen LogP contribution in [-0.4, -0.2) is 125 Å². The molecule has 19 nitrogen and oxygen atoms in total. The number of nitrogens with two attached hydrogens (primary N) is 1. The summed E-state index contributed by atoms with van der Waals surface area (Å²) in [5.74, 6) is -4.02. The summed E-state index contributed by atoms with van der Waals surface area (Å²) in [5.41, 5.74) is 11.3. The third-order valence-electron chi connectivity index (χ3n) is 15.8. The number of Topliss-reactive ketones (excluding diaryl/α,β-unsaturated/α-hetero) is 1. The van der Waals surface area contributed by atoms with Crippen molar-refractivity contribution >= 4 is 63.9 Å². The Kier molecular flexibility index (Phi) is 20.6. The van der Waals surface area contributed by atoms with Crippen LogP contribution in [-0.2, 0) is 65.8 Å². The van der Waals surface area contributed by atoms with Crippen LogP contribution in [0.15, 0.2) is 128 Å². The molecule has 0 saturated carbocycles. The molecule has 20 heteroatoms. The lowest BCUT2D eigenvalue weighted by atomic mass is 9.83. The molecule has 2 aromatic heterocycles. The maximum atomic E-state index is 15.4. The van der Waals surface area contributed by atoms with Crippen LogP contribution >= 0.6 is 11.6 Å². The van der Waals surface area contributed by atoms with Crippen LogP contribution in [0.1, 0.15) is 71.9 Å². The number of alkyl carbamates (subject to hydrolysis) is 1. The monoisotopic (exact) mass is 1150 g/mol. The molecule has 0 spiro atoms. The van der Waals surface area contributed by atoms with Gasteiger partial charge in [-0.25, -0.2) is 4.79 Å². The Balaban J connectivity index is 1.11. The molecule has 6 aromatic rings. The molecule has 9 N–H and O–H groups in total. The minimum Gasteiger partial charge on any atom is -0.489 e. The molecule has 83 heavy (non-hydrogen) atoms. The van der Waals surface area contributed by atoms with Crippen LogP contribution in [0.5, 0.6) is 5.75 Å². The van der Waals surface area contributed by atoms with E-state index in [4.69, 9.17) is 26.8 Å². The minimum atomic E-state index is -1.35. The Morgan fingerprint density at radius 1 is 0.747 bits per heavy atom. The lowest BCUT2D eigenvalue weighted by molar-refractivity contribution is -0.143. The minimum absolute atomic E-state index is 0.0392. The number of aryl methyl sites for hydroxylation is 2. The number of nitrogens with one attached hydrogen (secondary N) is 7. The van der Waals surface area contributed by atoms with E-state index in [-0.39, 0.29) is 70.7 Å². The third-order valence-corrected chi connectivity index (χ3v) is 16.0. The molecule has 0 aliphatic carbocycles. The van der Waals surface area contributed by atoms with Crippen molar-refractivity contribution in [3.63, 3.8) is 0 Å². The van der Waals surface area contributed by atoms with E-state index >= 15 is 28.8 Å². The van der Waals surface area contributed by atoms with Crippen molar-refractivity contribution in [2.24, 2.45) is 17.6 Å². The van der Waals surface area contributed by atoms with Crippen molar-refractivity contribution in [1.82, 2.24) is 46.8 Å². The van der Waals surface area contributed by atoms with E-state index in [0.29, 0.717) is 34.7 Å². The molecule has 3 aliphatic rings. The number of amides is 6. The quantitative estimate of drug-likeness (QED) is 0.0576. The number of ether oxygens (including phenoxy) is 2. The molecule has 5 heterocycles. The lowest BCUT2D eigenvalue weighted by Crippen LogP contribution is -2.60. The van der Waals surface area contributed by atoms with Crippen molar-refractivity contribution in [2.75, 3.05) is 32.7 Å². The molecule has 4 aromatic carbocycles. The fourth-order valence-corrected chi connectivity index (χ4v) is 11.4. The van der Waals surface area contributed by atoms with Gasteiger partial charge in [0.2, 0.25) is 29.5 Å². The van der Waals surface area contributed by atoms with Gasteiger partial charge in [0.15, 0.2) is 5.78 Å². The standard InChI is InChI=1S/C63H73ClN10O9/c1-39-9-19-51-50(28-39)46(36-69-51)32-53-57(75)33-45(29-42-21-25-66-26-22-42)58(76)72-54(30-41-12-17-48(18-13-41)82-38-43-10-15-47(64)16-11-43)60(78)73-55(31-44-8-5-24-67-35-44)62(80)74-37-49(83-63(81)68-27-23-65)34-56(74)61(79)70-52(59(77)71-53)20-14-40-6-3-2-4-7-40/h2-13,15-19,24,28,35-36,42,45,49,52-56,66,69H,14,20-23,25-27,29-34,37-38,65H2,1H3,(H,68,81)(H,70,79)(H,71,77)(H,72,76)(H,73,78)/t45-,49-,52+,53-,54+,55+,56+/m1/s1. The molecule has 9 rings (SSSR count). The number of hydrogen-bond donors (Lipinski definition) is 8. The summed E-state index contributed by atoms with van der Waals surface area (Å²) in [7, 11) is 0. The maximum Gasteiger partial charge on any atom is 0.407 e. The first-order valence-electron chi connectivity index (χ1n) is 28.6. The third kappa shape index (κ3) is 16.5. The van der Waals surface area contributed by atoms with Gasteiger partial charge in [0.05, 0.1) is 12.6 Å². The van der Waals surface area contributed by atoms with Crippen molar-refractivity contribution in [3.8, 4) is 5.75 Å². The van der Waals surface area contributed by atoms with Crippen LogP contribution in [0.25, 0.3) is 10.9 Å². The van der Waals surface area contributed by atoms with Gasteiger partial charge in [0.25, 0.3) is 0 Å². The predicted molar refractivity (Wildman–Crippen MR) is 314 cm³/mol. The van der Waals surface area contributed by atoms with Gasteiger partial charge in [-0.1, -0.05) is 83.9 Å². The second-order valence-electron chi connectivity index (χ2n) is 21.9. The van der Waals surface area contributed by atoms with Crippen molar-refractivity contribution in [1.29, 1.82) is 0 Å². The van der Waals surface area contributed by atoms with E-state index in [1.165, 1.54) is 4.90 Å². The second-order valence-corrected chi connectivity index (χ2v) is 22.4. The number of rotatable bonds is 17. The molecule has 7 atom stereocenters. The van der Waals surface area contributed by atoms with E-state index in [1.54, 1.807) is 60.9 Å². The summed E-state index contributed by atoms with van der Waals surface area (Å²) in [6, 6.07) is 26.9. The number of piperidine rings is 1. The number of carbonyl (C=O) groups excluding carboxylic acids is 7. The van der Waals surface area contributed by atoms with Crippen LogP contribution < -0.4 is 42.4 Å². The SMILES string of the molecule is Cc1ccc2[nH]cc(C[C@H]3NC(=O)[C@H](CCc4ccccc4)NC(=O)[C@@H]4C[C@@H](OC(=O)NCCN)CN4C(=O)[C@H](Cc4cccnc4)NC(=O)[C@H](Cc4ccc(OCc5ccc(Cl)cc5)cc4)NC(=O)[C@H](CC4CCNCC4)CC3=O)c2c1. The van der Waals surface area contributed by atoms with E-state index in [1.807, 2.05) is 73.8 Å². The summed E-state index contributed by atoms with van der Waals surface area (Å²) in [4.78, 5) is 113. The number of carbonyl (C=O) groups is 7. The summed E-state index contributed by atoms with van der Waals surface area (Å²) in [6.07, 6.45) is 4.90. The van der Waals surface area contributed by atoms with Gasteiger partial charge in [0, 0.05) is 85.6 Å². The Morgan fingerprint density at radius 2 is 1.45 bits per heavy atom. The Morgan fingerprint density at radius 3 is 2.19 bits per heavy atom. The number of H-pyrrole nitrogens is 1. The van der Waals surface area contributed by atoms with E-state index in [9.17, 15) is 4.79 Å².